The van der Waals surface area contributed by atoms with Crippen LogP contribution in [0.4, 0.5) is 8.78 Å². The van der Waals surface area contributed by atoms with Crippen LogP contribution in [0.3, 0.4) is 0 Å². The quantitative estimate of drug-likeness (QED) is 0.539. The Labute approximate surface area is 156 Å². The SMILES string of the molecule is O=C1c2cc(-c3nnc(C(F)F)o3)cnc2CN1Cc1cnn2ccccc12. The van der Waals surface area contributed by atoms with E-state index < -0.39 is 12.3 Å². The lowest BCUT2D eigenvalue weighted by molar-refractivity contribution is 0.0767. The van der Waals surface area contributed by atoms with Gasteiger partial charge in [-0.15, -0.1) is 10.2 Å². The summed E-state index contributed by atoms with van der Waals surface area (Å²) in [5.74, 6) is -1.07. The summed E-state index contributed by atoms with van der Waals surface area (Å²) >= 11 is 0. The number of fused-ring (bicyclic) bond motifs is 2. The van der Waals surface area contributed by atoms with Crippen molar-refractivity contribution in [1.29, 1.82) is 0 Å². The molecule has 1 aliphatic heterocycles. The number of rotatable bonds is 4. The molecule has 0 aliphatic carbocycles. The van der Waals surface area contributed by atoms with Crippen molar-refractivity contribution in [2.45, 2.75) is 19.5 Å². The van der Waals surface area contributed by atoms with Crippen LogP contribution in [0.5, 0.6) is 0 Å². The first-order chi connectivity index (χ1) is 13.6. The van der Waals surface area contributed by atoms with E-state index in [1.54, 1.807) is 21.7 Å². The van der Waals surface area contributed by atoms with Gasteiger partial charge in [0.15, 0.2) is 0 Å². The van der Waals surface area contributed by atoms with Crippen molar-refractivity contribution in [3.8, 4) is 11.5 Å². The number of hydrogen-bond acceptors (Lipinski definition) is 6. The van der Waals surface area contributed by atoms with E-state index in [4.69, 9.17) is 4.42 Å². The predicted octanol–water partition coefficient (Wildman–Crippen LogP) is 2.87. The standard InChI is InChI=1S/C18H12F2N6O2/c19-15(20)17-24-23-16(28-17)10-5-12-13(21-6-10)9-25(18(12)27)8-11-7-22-26-4-2-1-3-14(11)26/h1-7,15H,8-9H2. The molecule has 0 fully saturated rings. The summed E-state index contributed by atoms with van der Waals surface area (Å²) in [5.41, 5.74) is 3.17. The van der Waals surface area contributed by atoms with Gasteiger partial charge < -0.3 is 9.32 Å². The molecular formula is C18H12F2N6O2. The average Bonchev–Trinajstić information content (AvgIpc) is 3.41. The maximum absolute atomic E-state index is 12.8. The van der Waals surface area contributed by atoms with Crippen LogP contribution in [0.1, 0.15) is 33.9 Å². The van der Waals surface area contributed by atoms with Crippen LogP contribution in [-0.2, 0) is 13.1 Å². The molecule has 0 radical (unpaired) electrons. The molecule has 0 spiro atoms. The Morgan fingerprint density at radius 2 is 2.11 bits per heavy atom. The Morgan fingerprint density at radius 1 is 1.21 bits per heavy atom. The third-order valence-electron chi connectivity index (χ3n) is 4.57. The van der Waals surface area contributed by atoms with Gasteiger partial charge in [-0.05, 0) is 18.2 Å². The van der Waals surface area contributed by atoms with Crippen molar-refractivity contribution in [3.05, 3.63) is 65.6 Å². The van der Waals surface area contributed by atoms with E-state index in [1.165, 1.54) is 6.20 Å². The Hall–Kier alpha value is -3.69. The summed E-state index contributed by atoms with van der Waals surface area (Å²) in [6.45, 7) is 0.735. The van der Waals surface area contributed by atoms with E-state index in [1.807, 2.05) is 24.4 Å². The van der Waals surface area contributed by atoms with Crippen molar-refractivity contribution in [1.82, 2.24) is 29.7 Å². The number of amides is 1. The number of pyridine rings is 2. The number of carbonyl (C=O) groups is 1. The van der Waals surface area contributed by atoms with E-state index >= 15 is 0 Å². The molecule has 0 saturated heterocycles. The predicted molar refractivity (Wildman–Crippen MR) is 91.3 cm³/mol. The smallest absolute Gasteiger partial charge is 0.314 e. The summed E-state index contributed by atoms with van der Waals surface area (Å²) in [4.78, 5) is 18.8. The third kappa shape index (κ3) is 2.61. The number of nitrogens with zero attached hydrogens (tertiary/aromatic N) is 6. The normalized spacial score (nSPS) is 13.7. The highest BCUT2D eigenvalue weighted by molar-refractivity contribution is 5.98. The van der Waals surface area contributed by atoms with Gasteiger partial charge >= 0.3 is 6.43 Å². The van der Waals surface area contributed by atoms with Crippen LogP contribution in [0.25, 0.3) is 17.0 Å². The van der Waals surface area contributed by atoms with Gasteiger partial charge in [-0.2, -0.15) is 13.9 Å². The zero-order chi connectivity index (χ0) is 19.3. The third-order valence-corrected chi connectivity index (χ3v) is 4.57. The molecule has 5 rings (SSSR count). The first kappa shape index (κ1) is 16.5. The number of hydrogen-bond donors (Lipinski definition) is 0. The van der Waals surface area contributed by atoms with Crippen molar-refractivity contribution < 1.29 is 18.0 Å². The molecule has 10 heteroatoms. The summed E-state index contributed by atoms with van der Waals surface area (Å²) in [5, 5.41) is 11.2. The van der Waals surface area contributed by atoms with Gasteiger partial charge in [0.1, 0.15) is 0 Å². The number of aromatic nitrogens is 5. The minimum Gasteiger partial charge on any atom is -0.415 e. The number of alkyl halides is 2. The molecule has 0 aromatic carbocycles. The topological polar surface area (TPSA) is 89.4 Å². The Morgan fingerprint density at radius 3 is 2.93 bits per heavy atom. The zero-order valence-electron chi connectivity index (χ0n) is 14.3. The highest BCUT2D eigenvalue weighted by Gasteiger charge is 2.30. The molecule has 8 nitrogen and oxygen atoms in total. The molecule has 4 aromatic rings. The molecular weight excluding hydrogens is 370 g/mol. The fourth-order valence-electron chi connectivity index (χ4n) is 3.23. The summed E-state index contributed by atoms with van der Waals surface area (Å²) < 4.78 is 32.0. The molecule has 0 N–H and O–H groups in total. The van der Waals surface area contributed by atoms with Crippen LogP contribution >= 0.6 is 0 Å². The van der Waals surface area contributed by atoms with E-state index in [9.17, 15) is 13.6 Å². The maximum Gasteiger partial charge on any atom is 0.314 e. The fraction of sp³-hybridized carbons (Fsp3) is 0.167. The van der Waals surface area contributed by atoms with Gasteiger partial charge in [0, 0.05) is 18.0 Å². The molecule has 0 bridgehead atoms. The summed E-state index contributed by atoms with van der Waals surface area (Å²) in [6, 6.07) is 7.27. The van der Waals surface area contributed by atoms with Crippen molar-refractivity contribution in [2.75, 3.05) is 0 Å². The van der Waals surface area contributed by atoms with Gasteiger partial charge in [0.25, 0.3) is 11.8 Å². The monoisotopic (exact) mass is 382 g/mol. The molecule has 28 heavy (non-hydrogen) atoms. The Balaban J connectivity index is 1.42. The van der Waals surface area contributed by atoms with Crippen molar-refractivity contribution >= 4 is 11.4 Å². The molecule has 0 unspecified atom stereocenters. The van der Waals surface area contributed by atoms with E-state index in [0.717, 1.165) is 11.1 Å². The first-order valence-corrected chi connectivity index (χ1v) is 8.41. The minimum atomic E-state index is -2.85. The van der Waals surface area contributed by atoms with Crippen molar-refractivity contribution in [3.63, 3.8) is 0 Å². The Bertz CT molecular complexity index is 1200. The molecule has 5 heterocycles. The highest BCUT2D eigenvalue weighted by atomic mass is 19.3. The highest BCUT2D eigenvalue weighted by Crippen LogP contribution is 2.29. The maximum atomic E-state index is 12.8. The summed E-state index contributed by atoms with van der Waals surface area (Å²) in [6.07, 6.45) is 2.15. The number of halogens is 2. The van der Waals surface area contributed by atoms with Crippen molar-refractivity contribution in [2.24, 2.45) is 0 Å². The van der Waals surface area contributed by atoms with E-state index in [2.05, 4.69) is 20.3 Å². The number of carbonyl (C=O) groups excluding carboxylic acids is 1. The van der Waals surface area contributed by atoms with Crippen LogP contribution in [0.2, 0.25) is 0 Å². The molecule has 1 amide bonds. The second kappa shape index (κ2) is 6.19. The molecule has 1 aliphatic rings. The Kier molecular flexibility index (Phi) is 3.64. The second-order valence-corrected chi connectivity index (χ2v) is 6.33. The lowest BCUT2D eigenvalue weighted by Gasteiger charge is -2.14. The van der Waals surface area contributed by atoms with Crippen LogP contribution in [0, 0.1) is 0 Å². The molecule has 140 valence electrons. The van der Waals surface area contributed by atoms with E-state index in [0.29, 0.717) is 29.9 Å². The van der Waals surface area contributed by atoms with E-state index in [-0.39, 0.29) is 11.8 Å². The molecule has 0 atom stereocenters. The summed E-state index contributed by atoms with van der Waals surface area (Å²) in [7, 11) is 0. The fourth-order valence-corrected chi connectivity index (χ4v) is 3.23. The second-order valence-electron chi connectivity index (χ2n) is 6.33. The molecule has 0 saturated carbocycles. The molecule has 4 aromatic heterocycles. The first-order valence-electron chi connectivity index (χ1n) is 8.41. The van der Waals surface area contributed by atoms with Gasteiger partial charge in [0.05, 0.1) is 41.6 Å². The minimum absolute atomic E-state index is 0.0977. The van der Waals surface area contributed by atoms with Crippen LogP contribution in [-0.4, -0.2) is 35.6 Å². The van der Waals surface area contributed by atoms with Gasteiger partial charge in [-0.25, -0.2) is 4.52 Å². The van der Waals surface area contributed by atoms with Crippen LogP contribution < -0.4 is 0 Å². The van der Waals surface area contributed by atoms with Crippen LogP contribution in [0.15, 0.2) is 47.3 Å². The lowest BCUT2D eigenvalue weighted by Crippen LogP contribution is -2.23. The van der Waals surface area contributed by atoms with Gasteiger partial charge in [0.2, 0.25) is 5.89 Å². The largest absolute Gasteiger partial charge is 0.415 e. The lowest BCUT2D eigenvalue weighted by atomic mass is 10.1. The zero-order valence-corrected chi connectivity index (χ0v) is 14.3. The van der Waals surface area contributed by atoms with Gasteiger partial charge in [-0.1, -0.05) is 6.07 Å². The average molecular weight is 382 g/mol. The van der Waals surface area contributed by atoms with Gasteiger partial charge in [-0.3, -0.25) is 9.78 Å².